The number of carbonyl (C=O) groups excluding carboxylic acids is 1. The first-order chi connectivity index (χ1) is 17.9. The Hall–Kier alpha value is -3.13. The Balaban J connectivity index is 1.67. The molecule has 0 aliphatic carbocycles. The molecular weight excluding hydrogens is 472 g/mol. The summed E-state index contributed by atoms with van der Waals surface area (Å²) in [5.41, 5.74) is 2.02. The number of carbonyl (C=O) groups is 1. The molecule has 2 aromatic carbocycles. The molecule has 7 heteroatoms. The summed E-state index contributed by atoms with van der Waals surface area (Å²) in [7, 11) is 4.66. The van der Waals surface area contributed by atoms with Crippen LogP contribution in [0.5, 0.6) is 11.5 Å². The van der Waals surface area contributed by atoms with Gasteiger partial charge in [0.25, 0.3) is 0 Å². The van der Waals surface area contributed by atoms with Gasteiger partial charge in [0, 0.05) is 23.5 Å². The Bertz CT molecular complexity index is 1010. The third-order valence-corrected chi connectivity index (χ3v) is 6.49. The van der Waals surface area contributed by atoms with Crippen molar-refractivity contribution in [1.29, 1.82) is 0 Å². The van der Waals surface area contributed by atoms with Gasteiger partial charge < -0.3 is 28.4 Å². The van der Waals surface area contributed by atoms with Crippen LogP contribution < -0.4 is 9.47 Å². The monoisotopic (exact) mass is 510 g/mol. The number of ether oxygens (including phenoxy) is 6. The molecule has 1 heterocycles. The molecule has 200 valence electrons. The van der Waals surface area contributed by atoms with E-state index in [1.54, 1.807) is 20.3 Å². The molecule has 5 atom stereocenters. The van der Waals surface area contributed by atoms with Gasteiger partial charge in [-0.15, -0.1) is 0 Å². The Morgan fingerprint density at radius 1 is 0.946 bits per heavy atom. The topological polar surface area (TPSA) is 72.5 Å². The molecule has 0 aromatic heterocycles. The van der Waals surface area contributed by atoms with Crippen molar-refractivity contribution < 1.29 is 33.2 Å². The van der Waals surface area contributed by atoms with E-state index in [4.69, 9.17) is 23.7 Å². The molecule has 1 saturated heterocycles. The second-order valence-electron chi connectivity index (χ2n) is 9.13. The maximum atomic E-state index is 11.3. The zero-order valence-electron chi connectivity index (χ0n) is 22.3. The van der Waals surface area contributed by atoms with Gasteiger partial charge in [0.1, 0.15) is 11.5 Å². The van der Waals surface area contributed by atoms with Crippen molar-refractivity contribution in [3.63, 3.8) is 0 Å². The highest BCUT2D eigenvalue weighted by molar-refractivity contribution is 5.82. The van der Waals surface area contributed by atoms with E-state index in [9.17, 15) is 4.79 Å². The fourth-order valence-corrected chi connectivity index (χ4v) is 4.31. The lowest BCUT2D eigenvalue weighted by Gasteiger charge is -2.43. The van der Waals surface area contributed by atoms with Gasteiger partial charge in [-0.2, -0.15) is 0 Å². The second-order valence-corrected chi connectivity index (χ2v) is 9.13. The average molecular weight is 511 g/mol. The first-order valence-electron chi connectivity index (χ1n) is 12.5. The maximum Gasteiger partial charge on any atom is 0.330 e. The first kappa shape index (κ1) is 28.4. The van der Waals surface area contributed by atoms with Crippen molar-refractivity contribution in [2.24, 2.45) is 11.8 Å². The van der Waals surface area contributed by atoms with Crippen molar-refractivity contribution in [2.45, 2.75) is 45.4 Å². The molecule has 0 saturated carbocycles. The molecule has 1 aliphatic rings. The SMILES string of the molecule is COC(=O)/C=C/C=C/C[C@H]1O[C@H](c2ccc(OC)cc2)O[C@H]([C@H](C)COCc2ccc(OC)cc2)[C@@H]1C. The number of rotatable bonds is 12. The van der Waals surface area contributed by atoms with Gasteiger partial charge in [0.15, 0.2) is 6.29 Å². The number of hydrogen-bond donors (Lipinski definition) is 0. The fraction of sp³-hybridized carbons (Fsp3) is 0.433. The fourth-order valence-electron chi connectivity index (χ4n) is 4.31. The molecule has 0 amide bonds. The van der Waals surface area contributed by atoms with Crippen LogP contribution in [0.4, 0.5) is 0 Å². The van der Waals surface area contributed by atoms with Crippen LogP contribution in [0.2, 0.25) is 0 Å². The summed E-state index contributed by atoms with van der Waals surface area (Å²) in [6.07, 6.45) is 6.93. The summed E-state index contributed by atoms with van der Waals surface area (Å²) in [5, 5.41) is 0. The molecule has 0 spiro atoms. The molecule has 37 heavy (non-hydrogen) atoms. The van der Waals surface area contributed by atoms with Gasteiger partial charge in [0.05, 0.1) is 46.8 Å². The minimum absolute atomic E-state index is 0.0688. The van der Waals surface area contributed by atoms with Crippen molar-refractivity contribution >= 4 is 5.97 Å². The molecule has 2 aromatic rings. The van der Waals surface area contributed by atoms with Crippen molar-refractivity contribution in [2.75, 3.05) is 27.9 Å². The van der Waals surface area contributed by atoms with Crippen LogP contribution in [0.25, 0.3) is 0 Å². The van der Waals surface area contributed by atoms with Gasteiger partial charge >= 0.3 is 5.97 Å². The lowest BCUT2D eigenvalue weighted by molar-refractivity contribution is -0.282. The Morgan fingerprint density at radius 2 is 1.59 bits per heavy atom. The molecule has 0 radical (unpaired) electrons. The highest BCUT2D eigenvalue weighted by atomic mass is 16.7. The van der Waals surface area contributed by atoms with E-state index in [0.717, 1.165) is 22.6 Å². The predicted molar refractivity (Wildman–Crippen MR) is 141 cm³/mol. The lowest BCUT2D eigenvalue weighted by atomic mass is 9.86. The van der Waals surface area contributed by atoms with E-state index in [1.165, 1.54) is 13.2 Å². The molecule has 0 bridgehead atoms. The minimum atomic E-state index is -0.500. The van der Waals surface area contributed by atoms with E-state index >= 15 is 0 Å². The molecule has 7 nitrogen and oxygen atoms in total. The van der Waals surface area contributed by atoms with Crippen molar-refractivity contribution in [1.82, 2.24) is 0 Å². The maximum absolute atomic E-state index is 11.3. The van der Waals surface area contributed by atoms with Gasteiger partial charge in [-0.1, -0.05) is 56.3 Å². The van der Waals surface area contributed by atoms with Crippen LogP contribution in [0, 0.1) is 11.8 Å². The molecule has 0 unspecified atom stereocenters. The number of allylic oxidation sites excluding steroid dienone is 2. The van der Waals surface area contributed by atoms with Gasteiger partial charge in [-0.25, -0.2) is 4.79 Å². The van der Waals surface area contributed by atoms with E-state index in [2.05, 4.69) is 18.6 Å². The van der Waals surface area contributed by atoms with E-state index in [1.807, 2.05) is 60.7 Å². The van der Waals surface area contributed by atoms with Crippen LogP contribution in [0.3, 0.4) is 0 Å². The first-order valence-corrected chi connectivity index (χ1v) is 12.5. The summed E-state index contributed by atoms with van der Waals surface area (Å²) in [6.45, 7) is 5.38. The van der Waals surface area contributed by atoms with Crippen LogP contribution in [-0.4, -0.2) is 46.1 Å². The summed E-state index contributed by atoms with van der Waals surface area (Å²) in [5.74, 6) is 1.49. The quantitative estimate of drug-likeness (QED) is 0.208. The molecular formula is C30H38O7. The number of esters is 1. The zero-order valence-corrected chi connectivity index (χ0v) is 22.3. The molecule has 3 rings (SSSR count). The summed E-state index contributed by atoms with van der Waals surface area (Å²) in [6, 6.07) is 15.6. The minimum Gasteiger partial charge on any atom is -0.497 e. The van der Waals surface area contributed by atoms with Crippen molar-refractivity contribution in [3.05, 3.63) is 84.0 Å². The van der Waals surface area contributed by atoms with E-state index < -0.39 is 6.29 Å². The highest BCUT2D eigenvalue weighted by Gasteiger charge is 2.39. The molecule has 1 aliphatic heterocycles. The van der Waals surface area contributed by atoms with Gasteiger partial charge in [-0.3, -0.25) is 0 Å². The van der Waals surface area contributed by atoms with Gasteiger partial charge in [-0.05, 0) is 36.2 Å². The molecule has 0 N–H and O–H groups in total. The van der Waals surface area contributed by atoms with Crippen molar-refractivity contribution in [3.8, 4) is 11.5 Å². The van der Waals surface area contributed by atoms with Crippen LogP contribution in [0.15, 0.2) is 72.8 Å². The second kappa shape index (κ2) is 14.6. The van der Waals surface area contributed by atoms with Crippen LogP contribution in [-0.2, 0) is 30.3 Å². The Labute approximate surface area is 220 Å². The summed E-state index contributed by atoms with van der Waals surface area (Å²) in [4.78, 5) is 11.3. The largest absolute Gasteiger partial charge is 0.497 e. The van der Waals surface area contributed by atoms with Crippen LogP contribution in [0.1, 0.15) is 37.7 Å². The van der Waals surface area contributed by atoms with Gasteiger partial charge in [0.2, 0.25) is 0 Å². The normalized spacial score (nSPS) is 22.7. The third kappa shape index (κ3) is 8.45. The summed E-state index contributed by atoms with van der Waals surface area (Å²) >= 11 is 0. The Kier molecular flexibility index (Phi) is 11.2. The highest BCUT2D eigenvalue weighted by Crippen LogP contribution is 2.38. The predicted octanol–water partition coefficient (Wildman–Crippen LogP) is 5.65. The number of benzene rings is 2. The average Bonchev–Trinajstić information content (AvgIpc) is 2.93. The standard InChI is InChI=1S/C30H38O7/c1-21(19-35-20-23-11-15-25(32-3)16-12-23)29-22(2)27(9-7-6-8-10-28(31)34-5)36-30(37-29)24-13-17-26(33-4)18-14-24/h6-8,10-18,21-22,27,29-30H,9,19-20H2,1-5H3/b7-6+,10-8+/t21-,22-,27-,29-,30+/m1/s1. The smallest absolute Gasteiger partial charge is 0.330 e. The zero-order chi connectivity index (χ0) is 26.6. The lowest BCUT2D eigenvalue weighted by Crippen LogP contribution is -2.45. The Morgan fingerprint density at radius 3 is 2.22 bits per heavy atom. The van der Waals surface area contributed by atoms with E-state index in [0.29, 0.717) is 19.6 Å². The number of methoxy groups -OCH3 is 3. The van der Waals surface area contributed by atoms with E-state index in [-0.39, 0.29) is 30.0 Å². The number of hydrogen-bond acceptors (Lipinski definition) is 7. The third-order valence-electron chi connectivity index (χ3n) is 6.49. The van der Waals surface area contributed by atoms with Crippen LogP contribution >= 0.6 is 0 Å². The molecule has 1 fully saturated rings. The summed E-state index contributed by atoms with van der Waals surface area (Å²) < 4.78 is 34.1.